The van der Waals surface area contributed by atoms with Crippen molar-refractivity contribution in [1.82, 2.24) is 0 Å². The first kappa shape index (κ1) is 63.0. The predicted molar refractivity (Wildman–Crippen MR) is 275 cm³/mol. The number of nitrogens with zero attached hydrogens (tertiary/aromatic N) is 1. The Balaban J connectivity index is 4.25. The number of allylic oxidation sites excluding steroid dienone is 8. The molecule has 0 aromatic heterocycles. The summed E-state index contributed by atoms with van der Waals surface area (Å²) in [5, 5.41) is 0. The first-order valence-electron chi connectivity index (χ1n) is 26.9. The lowest BCUT2D eigenvalue weighted by molar-refractivity contribution is -0.870. The minimum atomic E-state index is -4.39. The largest absolute Gasteiger partial charge is 0.472 e. The van der Waals surface area contributed by atoms with E-state index in [1.165, 1.54) is 148 Å². The van der Waals surface area contributed by atoms with Crippen LogP contribution in [-0.2, 0) is 32.7 Å². The molecule has 0 amide bonds. The van der Waals surface area contributed by atoms with E-state index in [2.05, 4.69) is 62.5 Å². The molecule has 9 nitrogen and oxygen atoms in total. The maximum absolute atomic E-state index is 12.8. The Morgan fingerprint density at radius 1 is 0.477 bits per heavy atom. The summed E-state index contributed by atoms with van der Waals surface area (Å²) in [4.78, 5) is 35.6. The number of hydrogen-bond donors (Lipinski definition) is 1. The van der Waals surface area contributed by atoms with Gasteiger partial charge in [-0.05, 0) is 57.8 Å². The van der Waals surface area contributed by atoms with E-state index in [0.29, 0.717) is 17.4 Å². The fourth-order valence-electron chi connectivity index (χ4n) is 7.41. The molecule has 0 saturated carbocycles. The Morgan fingerprint density at radius 3 is 1.26 bits per heavy atom. The SMILES string of the molecule is CCCCC/C=C/C/C=C/C/C=C/C/C=C/CCCCCC(=O)O[C@H](COC(=O)CCCCCCCCCCCCCCCCCCCCCCCC)COP(=O)(O)OCC[N+](C)(C)C. The van der Waals surface area contributed by atoms with Crippen LogP contribution in [-0.4, -0.2) is 74.9 Å². The first-order valence-corrected chi connectivity index (χ1v) is 28.4. The maximum Gasteiger partial charge on any atom is 0.472 e. The lowest BCUT2D eigenvalue weighted by Gasteiger charge is -2.24. The van der Waals surface area contributed by atoms with Gasteiger partial charge in [-0.1, -0.05) is 217 Å². The fraction of sp³-hybridized carbons (Fsp3) is 0.818. The molecule has 0 fully saturated rings. The minimum absolute atomic E-state index is 0.0251. The second-order valence-corrected chi connectivity index (χ2v) is 20.7. The molecule has 0 aliphatic rings. The van der Waals surface area contributed by atoms with E-state index in [9.17, 15) is 19.0 Å². The van der Waals surface area contributed by atoms with E-state index < -0.39 is 26.5 Å². The van der Waals surface area contributed by atoms with E-state index in [-0.39, 0.29) is 32.0 Å². The average Bonchev–Trinajstić information content (AvgIpc) is 3.26. The highest BCUT2D eigenvalue weighted by molar-refractivity contribution is 7.47. The normalized spacial score (nSPS) is 13.8. The van der Waals surface area contributed by atoms with Crippen LogP contribution in [0.2, 0.25) is 0 Å². The van der Waals surface area contributed by atoms with E-state index in [1.807, 2.05) is 21.1 Å². The van der Waals surface area contributed by atoms with Gasteiger partial charge in [0.1, 0.15) is 19.8 Å². The summed E-state index contributed by atoms with van der Waals surface area (Å²) in [7, 11) is 1.46. The number of phosphoric ester groups is 1. The van der Waals surface area contributed by atoms with Gasteiger partial charge in [0.2, 0.25) is 0 Å². The number of unbranched alkanes of at least 4 members (excludes halogenated alkanes) is 27. The van der Waals surface area contributed by atoms with Crippen molar-refractivity contribution >= 4 is 19.8 Å². The summed E-state index contributed by atoms with van der Waals surface area (Å²) in [6.07, 6.45) is 57.4. The van der Waals surface area contributed by atoms with Crippen molar-refractivity contribution in [1.29, 1.82) is 0 Å². The third kappa shape index (κ3) is 51.2. The fourth-order valence-corrected chi connectivity index (χ4v) is 8.15. The molecular formula is C55H103NO8P+. The molecule has 380 valence electrons. The molecule has 1 unspecified atom stereocenters. The van der Waals surface area contributed by atoms with Gasteiger partial charge in [0.05, 0.1) is 27.7 Å². The summed E-state index contributed by atoms with van der Waals surface area (Å²) in [5.41, 5.74) is 0. The zero-order valence-corrected chi connectivity index (χ0v) is 43.9. The van der Waals surface area contributed by atoms with Gasteiger partial charge < -0.3 is 18.9 Å². The van der Waals surface area contributed by atoms with E-state index in [0.717, 1.165) is 57.8 Å². The molecule has 65 heavy (non-hydrogen) atoms. The molecule has 0 aliphatic carbocycles. The first-order chi connectivity index (χ1) is 31.5. The smallest absolute Gasteiger partial charge is 0.462 e. The van der Waals surface area contributed by atoms with Crippen LogP contribution < -0.4 is 0 Å². The Kier molecular flexibility index (Phi) is 45.6. The highest BCUT2D eigenvalue weighted by atomic mass is 31.2. The summed E-state index contributed by atoms with van der Waals surface area (Å²) >= 11 is 0. The molecular weight excluding hydrogens is 834 g/mol. The van der Waals surface area contributed by atoms with Gasteiger partial charge in [-0.3, -0.25) is 18.6 Å². The lowest BCUT2D eigenvalue weighted by atomic mass is 10.0. The van der Waals surface area contributed by atoms with Gasteiger partial charge in [-0.25, -0.2) is 4.57 Å². The molecule has 10 heteroatoms. The summed E-state index contributed by atoms with van der Waals surface area (Å²) in [5.74, 6) is -0.826. The molecule has 0 aromatic carbocycles. The van der Waals surface area contributed by atoms with Crippen molar-refractivity contribution in [2.24, 2.45) is 0 Å². The van der Waals surface area contributed by atoms with E-state index >= 15 is 0 Å². The molecule has 0 saturated heterocycles. The molecule has 0 rings (SSSR count). The monoisotopic (exact) mass is 937 g/mol. The van der Waals surface area contributed by atoms with Crippen molar-refractivity contribution in [3.8, 4) is 0 Å². The van der Waals surface area contributed by atoms with Crippen LogP contribution in [0.1, 0.15) is 239 Å². The van der Waals surface area contributed by atoms with Gasteiger partial charge in [0, 0.05) is 12.8 Å². The highest BCUT2D eigenvalue weighted by Crippen LogP contribution is 2.43. The summed E-state index contributed by atoms with van der Waals surface area (Å²) in [6.45, 7) is 4.39. The van der Waals surface area contributed by atoms with Crippen LogP contribution in [0.25, 0.3) is 0 Å². The van der Waals surface area contributed by atoms with Crippen molar-refractivity contribution < 1.29 is 42.1 Å². The third-order valence-electron chi connectivity index (χ3n) is 11.6. The lowest BCUT2D eigenvalue weighted by Crippen LogP contribution is -2.37. The van der Waals surface area contributed by atoms with E-state index in [1.54, 1.807) is 0 Å². The second kappa shape index (κ2) is 47.1. The molecule has 1 N–H and O–H groups in total. The Morgan fingerprint density at radius 2 is 0.831 bits per heavy atom. The number of carbonyl (C=O) groups excluding carboxylic acids is 2. The number of phosphoric acid groups is 1. The highest BCUT2D eigenvalue weighted by Gasteiger charge is 2.27. The van der Waals surface area contributed by atoms with Crippen LogP contribution in [0, 0.1) is 0 Å². The molecule has 0 spiro atoms. The van der Waals surface area contributed by atoms with Crippen molar-refractivity contribution in [2.45, 2.75) is 245 Å². The number of ether oxygens (including phenoxy) is 2. The average molecular weight is 937 g/mol. The van der Waals surface area contributed by atoms with Crippen LogP contribution in [0.15, 0.2) is 48.6 Å². The zero-order valence-electron chi connectivity index (χ0n) is 43.0. The molecule has 0 aromatic rings. The second-order valence-electron chi connectivity index (χ2n) is 19.3. The topological polar surface area (TPSA) is 108 Å². The van der Waals surface area contributed by atoms with Crippen molar-refractivity contribution in [3.63, 3.8) is 0 Å². The van der Waals surface area contributed by atoms with Gasteiger partial charge in [-0.15, -0.1) is 0 Å². The number of carbonyl (C=O) groups is 2. The Hall–Kier alpha value is -2.03. The summed E-state index contributed by atoms with van der Waals surface area (Å²) in [6, 6.07) is 0. The van der Waals surface area contributed by atoms with Crippen molar-refractivity contribution in [3.05, 3.63) is 48.6 Å². The molecule has 2 atom stereocenters. The summed E-state index contributed by atoms with van der Waals surface area (Å²) < 4.78 is 34.5. The van der Waals surface area contributed by atoms with Gasteiger partial charge in [-0.2, -0.15) is 0 Å². The van der Waals surface area contributed by atoms with Gasteiger partial charge >= 0.3 is 19.8 Å². The molecule has 0 heterocycles. The number of esters is 2. The van der Waals surface area contributed by atoms with E-state index in [4.69, 9.17) is 18.5 Å². The predicted octanol–water partition coefficient (Wildman–Crippen LogP) is 16.2. The Bertz CT molecular complexity index is 1240. The Labute approximate surface area is 401 Å². The number of hydrogen-bond acceptors (Lipinski definition) is 7. The quantitative estimate of drug-likeness (QED) is 0.0211. The van der Waals surface area contributed by atoms with Gasteiger partial charge in [0.25, 0.3) is 0 Å². The van der Waals surface area contributed by atoms with Crippen LogP contribution in [0.4, 0.5) is 0 Å². The molecule has 0 radical (unpaired) electrons. The minimum Gasteiger partial charge on any atom is -0.462 e. The van der Waals surface area contributed by atoms with Crippen LogP contribution in [0.5, 0.6) is 0 Å². The van der Waals surface area contributed by atoms with Crippen LogP contribution in [0.3, 0.4) is 0 Å². The number of rotatable bonds is 49. The number of quaternary nitrogens is 1. The zero-order chi connectivity index (χ0) is 47.8. The number of likely N-dealkylation sites (N-methyl/N-ethyl adjacent to an activating group) is 1. The standard InChI is InChI=1S/C55H102NO8P/c1-6-8-10-12-14-16-18-20-22-24-26-27-28-30-31-33-35-37-39-41-43-45-47-54(57)61-51-53(52-63-65(59,60)62-50-49-56(3,4)5)64-55(58)48-46-44-42-40-38-36-34-32-29-25-23-21-19-17-15-13-11-9-7-2/h15,17,21,23,29,32,36,38,53H,6-14,16,18-20,22,24-28,30-31,33-35,37,39-52H2,1-5H3/p+1/b17-15+,23-21+,32-29+,38-36+/t53-/m1/s1. The molecule has 0 aliphatic heterocycles. The van der Waals surface area contributed by atoms with Gasteiger partial charge in [0.15, 0.2) is 6.10 Å². The van der Waals surface area contributed by atoms with Crippen molar-refractivity contribution in [2.75, 3.05) is 47.5 Å². The third-order valence-corrected chi connectivity index (χ3v) is 12.6. The maximum atomic E-state index is 12.8. The van der Waals surface area contributed by atoms with Crippen LogP contribution >= 0.6 is 7.82 Å². The molecule has 0 bridgehead atoms.